The number of aromatic nitrogens is 3. The van der Waals surface area contributed by atoms with Crippen molar-refractivity contribution >= 4 is 17.5 Å². The standard InChI is InChI=1S/C12H11F2N3OS/c1-7(19-12-15-6-16-17(12)2)11(18)8-3-4-9(13)10(14)5-8/h3-7H,1-2H3. The van der Waals surface area contributed by atoms with Gasteiger partial charge in [0.05, 0.1) is 5.25 Å². The summed E-state index contributed by atoms with van der Waals surface area (Å²) in [7, 11) is 1.71. The van der Waals surface area contributed by atoms with Crippen molar-refractivity contribution in [2.75, 3.05) is 0 Å². The van der Waals surface area contributed by atoms with Gasteiger partial charge in [0.15, 0.2) is 22.6 Å². The third kappa shape index (κ3) is 2.98. The fourth-order valence-electron chi connectivity index (χ4n) is 1.49. The maximum atomic E-state index is 13.1. The molecule has 2 rings (SSSR count). The summed E-state index contributed by atoms with van der Waals surface area (Å²) in [5.74, 6) is -2.28. The molecule has 7 heteroatoms. The van der Waals surface area contributed by atoms with Crippen LogP contribution in [0.3, 0.4) is 0 Å². The summed E-state index contributed by atoms with van der Waals surface area (Å²) in [4.78, 5) is 16.1. The molecule has 0 aliphatic carbocycles. The lowest BCUT2D eigenvalue weighted by Gasteiger charge is -2.09. The van der Waals surface area contributed by atoms with E-state index in [0.717, 1.165) is 12.1 Å². The predicted octanol–water partition coefficient (Wildman–Crippen LogP) is 2.46. The first-order valence-electron chi connectivity index (χ1n) is 5.49. The van der Waals surface area contributed by atoms with Crippen molar-refractivity contribution < 1.29 is 13.6 Å². The van der Waals surface area contributed by atoms with Crippen LogP contribution < -0.4 is 0 Å². The SMILES string of the molecule is CC(Sc1ncnn1C)C(=O)c1ccc(F)c(F)c1. The van der Waals surface area contributed by atoms with Crippen LogP contribution in [-0.4, -0.2) is 25.8 Å². The van der Waals surface area contributed by atoms with Crippen molar-refractivity contribution in [1.82, 2.24) is 14.8 Å². The van der Waals surface area contributed by atoms with E-state index in [2.05, 4.69) is 10.1 Å². The van der Waals surface area contributed by atoms with Crippen LogP contribution in [0.25, 0.3) is 0 Å². The fraction of sp³-hybridized carbons (Fsp3) is 0.250. The van der Waals surface area contributed by atoms with Crippen LogP contribution in [0.5, 0.6) is 0 Å². The Labute approximate surface area is 112 Å². The van der Waals surface area contributed by atoms with Gasteiger partial charge in [0.1, 0.15) is 6.33 Å². The van der Waals surface area contributed by atoms with Gasteiger partial charge in [-0.05, 0) is 25.1 Å². The Balaban J connectivity index is 2.15. The number of carbonyl (C=O) groups excluding carboxylic acids is 1. The maximum Gasteiger partial charge on any atom is 0.186 e. The minimum atomic E-state index is -1.03. The third-order valence-electron chi connectivity index (χ3n) is 2.53. The molecule has 0 aliphatic rings. The van der Waals surface area contributed by atoms with E-state index in [0.29, 0.717) is 5.16 Å². The number of hydrogen-bond donors (Lipinski definition) is 0. The van der Waals surface area contributed by atoms with Crippen LogP contribution in [0.4, 0.5) is 8.78 Å². The van der Waals surface area contributed by atoms with Crippen molar-refractivity contribution in [1.29, 1.82) is 0 Å². The normalized spacial score (nSPS) is 12.4. The predicted molar refractivity (Wildman–Crippen MR) is 67.0 cm³/mol. The largest absolute Gasteiger partial charge is 0.293 e. The smallest absolute Gasteiger partial charge is 0.186 e. The lowest BCUT2D eigenvalue weighted by atomic mass is 10.1. The van der Waals surface area contributed by atoms with Gasteiger partial charge < -0.3 is 0 Å². The second kappa shape index (κ2) is 5.48. The molecule has 1 heterocycles. The van der Waals surface area contributed by atoms with Crippen LogP contribution in [0.1, 0.15) is 17.3 Å². The summed E-state index contributed by atoms with van der Waals surface area (Å²) in [5.41, 5.74) is 0.140. The van der Waals surface area contributed by atoms with Crippen molar-refractivity contribution in [2.24, 2.45) is 7.05 Å². The Kier molecular flexibility index (Phi) is 3.94. The second-order valence-electron chi connectivity index (χ2n) is 3.92. The van der Waals surface area contributed by atoms with Crippen LogP contribution in [-0.2, 0) is 7.05 Å². The molecule has 1 unspecified atom stereocenters. The van der Waals surface area contributed by atoms with Crippen molar-refractivity contribution in [3.63, 3.8) is 0 Å². The lowest BCUT2D eigenvalue weighted by Crippen LogP contribution is -2.15. The van der Waals surface area contributed by atoms with Gasteiger partial charge in [-0.25, -0.2) is 18.4 Å². The van der Waals surface area contributed by atoms with Crippen molar-refractivity contribution in [2.45, 2.75) is 17.3 Å². The number of carbonyl (C=O) groups is 1. The number of Topliss-reactive ketones (excluding diaryl/α,β-unsaturated/α-hetero) is 1. The van der Waals surface area contributed by atoms with Crippen LogP contribution in [0.2, 0.25) is 0 Å². The molecule has 0 saturated carbocycles. The van der Waals surface area contributed by atoms with Gasteiger partial charge >= 0.3 is 0 Å². The Hall–Kier alpha value is -1.76. The van der Waals surface area contributed by atoms with E-state index >= 15 is 0 Å². The van der Waals surface area contributed by atoms with E-state index in [1.165, 1.54) is 24.2 Å². The second-order valence-corrected chi connectivity index (χ2v) is 5.23. The molecule has 0 fully saturated rings. The van der Waals surface area contributed by atoms with Crippen molar-refractivity contribution in [3.8, 4) is 0 Å². The molecule has 0 spiro atoms. The molecule has 0 aliphatic heterocycles. The molecule has 1 atom stereocenters. The first-order valence-corrected chi connectivity index (χ1v) is 6.37. The molecule has 2 aromatic rings. The average molecular weight is 283 g/mol. The van der Waals surface area contributed by atoms with Gasteiger partial charge in [-0.1, -0.05) is 11.8 Å². The Bertz CT molecular complexity index is 615. The molecule has 19 heavy (non-hydrogen) atoms. The van der Waals surface area contributed by atoms with Crippen LogP contribution >= 0.6 is 11.8 Å². The van der Waals surface area contributed by atoms with Gasteiger partial charge in [-0.15, -0.1) is 0 Å². The van der Waals surface area contributed by atoms with E-state index in [4.69, 9.17) is 0 Å². The quantitative estimate of drug-likeness (QED) is 0.639. The van der Waals surface area contributed by atoms with Gasteiger partial charge in [0, 0.05) is 12.6 Å². The van der Waals surface area contributed by atoms with E-state index in [1.54, 1.807) is 18.7 Å². The van der Waals surface area contributed by atoms with Gasteiger partial charge in [-0.2, -0.15) is 5.10 Å². The van der Waals surface area contributed by atoms with Crippen LogP contribution in [0.15, 0.2) is 29.7 Å². The highest BCUT2D eigenvalue weighted by molar-refractivity contribution is 8.00. The Morgan fingerprint density at radius 1 is 1.37 bits per heavy atom. The first kappa shape index (κ1) is 13.7. The summed E-state index contributed by atoms with van der Waals surface area (Å²) in [5, 5.41) is 4.01. The maximum absolute atomic E-state index is 13.1. The number of hydrogen-bond acceptors (Lipinski definition) is 4. The molecule has 0 bridgehead atoms. The molecule has 0 amide bonds. The molecule has 1 aromatic heterocycles. The number of nitrogens with zero attached hydrogens (tertiary/aromatic N) is 3. The summed E-state index contributed by atoms with van der Waals surface area (Å²) in [6.07, 6.45) is 1.39. The number of ketones is 1. The Morgan fingerprint density at radius 3 is 2.68 bits per heavy atom. The summed E-state index contributed by atoms with van der Waals surface area (Å²) >= 11 is 1.21. The lowest BCUT2D eigenvalue weighted by molar-refractivity contribution is 0.0993. The molecule has 1 aromatic carbocycles. The number of aryl methyl sites for hydroxylation is 1. The van der Waals surface area contributed by atoms with E-state index in [1.807, 2.05) is 0 Å². The van der Waals surface area contributed by atoms with Crippen LogP contribution in [0, 0.1) is 11.6 Å². The molecule has 0 N–H and O–H groups in total. The summed E-state index contributed by atoms with van der Waals surface area (Å²) < 4.78 is 27.4. The van der Waals surface area contributed by atoms with Crippen molar-refractivity contribution in [3.05, 3.63) is 41.7 Å². The zero-order valence-electron chi connectivity index (χ0n) is 10.3. The zero-order valence-corrected chi connectivity index (χ0v) is 11.1. The molecule has 100 valence electrons. The number of benzene rings is 1. The van der Waals surface area contributed by atoms with E-state index < -0.39 is 16.9 Å². The van der Waals surface area contributed by atoms with E-state index in [9.17, 15) is 13.6 Å². The fourth-order valence-corrected chi connectivity index (χ4v) is 2.36. The monoisotopic (exact) mass is 283 g/mol. The third-order valence-corrected chi connectivity index (χ3v) is 3.67. The first-order chi connectivity index (χ1) is 8.99. The highest BCUT2D eigenvalue weighted by Crippen LogP contribution is 2.23. The van der Waals surface area contributed by atoms with Gasteiger partial charge in [0.25, 0.3) is 0 Å². The van der Waals surface area contributed by atoms with Gasteiger partial charge in [0.2, 0.25) is 0 Å². The number of halogens is 2. The molecule has 4 nitrogen and oxygen atoms in total. The minimum Gasteiger partial charge on any atom is -0.293 e. The topological polar surface area (TPSA) is 47.8 Å². The average Bonchev–Trinajstić information content (AvgIpc) is 2.77. The molecule has 0 radical (unpaired) electrons. The zero-order chi connectivity index (χ0) is 14.0. The number of rotatable bonds is 4. The Morgan fingerprint density at radius 2 is 2.11 bits per heavy atom. The van der Waals surface area contributed by atoms with Gasteiger partial charge in [-0.3, -0.25) is 4.79 Å². The molecular formula is C12H11F2N3OS. The van der Waals surface area contributed by atoms with E-state index in [-0.39, 0.29) is 11.3 Å². The highest BCUT2D eigenvalue weighted by atomic mass is 32.2. The summed E-state index contributed by atoms with van der Waals surface area (Å²) in [6.45, 7) is 1.68. The minimum absolute atomic E-state index is 0.140. The summed E-state index contributed by atoms with van der Waals surface area (Å²) in [6, 6.07) is 3.13. The highest BCUT2D eigenvalue weighted by Gasteiger charge is 2.19. The molecular weight excluding hydrogens is 272 g/mol. The molecule has 0 saturated heterocycles. The number of thioether (sulfide) groups is 1.